The van der Waals surface area contributed by atoms with Gasteiger partial charge in [0.2, 0.25) is 5.91 Å². The third-order valence-corrected chi connectivity index (χ3v) is 3.87. The predicted molar refractivity (Wildman–Crippen MR) is 99.2 cm³/mol. The van der Waals surface area contributed by atoms with Gasteiger partial charge in [-0.2, -0.15) is 5.10 Å². The van der Waals surface area contributed by atoms with Gasteiger partial charge in [0.1, 0.15) is 12.3 Å². The fraction of sp³-hybridized carbons (Fsp3) is 0.105. The molecule has 1 heterocycles. The van der Waals surface area contributed by atoms with Crippen LogP contribution >= 0.6 is 0 Å². The van der Waals surface area contributed by atoms with E-state index in [4.69, 9.17) is 10.5 Å². The highest BCUT2D eigenvalue weighted by atomic mass is 16.5. The molecule has 1 aromatic heterocycles. The largest absolute Gasteiger partial charge is 0.497 e. The Morgan fingerprint density at radius 3 is 2.62 bits per heavy atom. The highest BCUT2D eigenvalue weighted by Crippen LogP contribution is 2.19. The normalized spacial score (nSPS) is 11.0. The second-order valence-corrected chi connectivity index (χ2v) is 5.62. The second-order valence-electron chi connectivity index (χ2n) is 5.62. The molecule has 0 saturated carbocycles. The van der Waals surface area contributed by atoms with E-state index < -0.39 is 5.91 Å². The molecule has 3 rings (SSSR count). The van der Waals surface area contributed by atoms with Crippen molar-refractivity contribution >= 4 is 28.9 Å². The van der Waals surface area contributed by atoms with Crippen LogP contribution in [0.4, 0.5) is 0 Å². The number of nitrogens with one attached hydrogen (secondary N) is 1. The van der Waals surface area contributed by atoms with E-state index in [-0.39, 0.29) is 12.5 Å². The van der Waals surface area contributed by atoms with Crippen LogP contribution in [0.2, 0.25) is 0 Å². The van der Waals surface area contributed by atoms with Gasteiger partial charge >= 0.3 is 0 Å². The van der Waals surface area contributed by atoms with Gasteiger partial charge in [-0.3, -0.25) is 9.59 Å². The molecule has 0 saturated heterocycles. The molecule has 0 radical (unpaired) electrons. The van der Waals surface area contributed by atoms with Crippen LogP contribution in [0.15, 0.2) is 59.8 Å². The molecule has 7 heteroatoms. The molecule has 0 aliphatic rings. The van der Waals surface area contributed by atoms with Crippen molar-refractivity contribution < 1.29 is 14.3 Å². The fourth-order valence-electron chi connectivity index (χ4n) is 2.64. The zero-order chi connectivity index (χ0) is 18.5. The van der Waals surface area contributed by atoms with Gasteiger partial charge in [0.15, 0.2) is 0 Å². The highest BCUT2D eigenvalue weighted by Gasteiger charge is 2.09. The summed E-state index contributed by atoms with van der Waals surface area (Å²) >= 11 is 0. The van der Waals surface area contributed by atoms with Gasteiger partial charge in [-0.05, 0) is 30.3 Å². The van der Waals surface area contributed by atoms with Crippen LogP contribution in [0.3, 0.4) is 0 Å². The Balaban J connectivity index is 1.77. The topological polar surface area (TPSA) is 98.7 Å². The first-order valence-corrected chi connectivity index (χ1v) is 7.92. The Hall–Kier alpha value is -3.61. The monoisotopic (exact) mass is 350 g/mol. The molecule has 132 valence electrons. The first kappa shape index (κ1) is 17.2. The molecular formula is C19H18N4O3. The maximum Gasteiger partial charge on any atom is 0.271 e. The minimum atomic E-state index is -0.429. The average Bonchev–Trinajstić information content (AvgIpc) is 2.99. The lowest BCUT2D eigenvalue weighted by Crippen LogP contribution is -2.18. The molecular weight excluding hydrogens is 332 g/mol. The average molecular weight is 350 g/mol. The van der Waals surface area contributed by atoms with Gasteiger partial charge in [0.05, 0.1) is 13.3 Å². The summed E-state index contributed by atoms with van der Waals surface area (Å²) in [4.78, 5) is 23.3. The number of nitrogens with two attached hydrogens (primary N) is 1. The third kappa shape index (κ3) is 3.72. The van der Waals surface area contributed by atoms with Crippen LogP contribution in [0.1, 0.15) is 15.9 Å². The Labute approximate surface area is 150 Å². The first-order chi connectivity index (χ1) is 12.6. The summed E-state index contributed by atoms with van der Waals surface area (Å²) in [5.74, 6) is -0.0841. The van der Waals surface area contributed by atoms with Crippen molar-refractivity contribution in [3.8, 4) is 5.75 Å². The molecule has 3 aromatic rings. The third-order valence-electron chi connectivity index (χ3n) is 3.87. The molecule has 2 amide bonds. The summed E-state index contributed by atoms with van der Waals surface area (Å²) in [6.45, 7) is 0.0760. The van der Waals surface area contributed by atoms with E-state index >= 15 is 0 Å². The van der Waals surface area contributed by atoms with Crippen molar-refractivity contribution in [1.29, 1.82) is 0 Å². The molecule has 26 heavy (non-hydrogen) atoms. The number of hydrazone groups is 1. The van der Waals surface area contributed by atoms with Gasteiger partial charge in [0, 0.05) is 28.2 Å². The number of hydrogen-bond acceptors (Lipinski definition) is 4. The number of carbonyl (C=O) groups excluding carboxylic acids is 2. The summed E-state index contributed by atoms with van der Waals surface area (Å²) < 4.78 is 6.82. The van der Waals surface area contributed by atoms with Gasteiger partial charge in [-0.25, -0.2) is 5.43 Å². The fourth-order valence-corrected chi connectivity index (χ4v) is 2.64. The van der Waals surface area contributed by atoms with E-state index in [9.17, 15) is 9.59 Å². The molecule has 0 aliphatic carbocycles. The van der Waals surface area contributed by atoms with Gasteiger partial charge in [-0.1, -0.05) is 18.2 Å². The standard InChI is InChI=1S/C19H18N4O3/c1-26-15-8-6-13(7-9-15)19(25)22-21-10-14-11-23(12-18(20)24)17-5-3-2-4-16(14)17/h2-11H,12H2,1H3,(H2,20,24)(H,22,25). The van der Waals surface area contributed by atoms with Crippen molar-refractivity contribution in [2.75, 3.05) is 7.11 Å². The molecule has 3 N–H and O–H groups in total. The van der Waals surface area contributed by atoms with Crippen LogP contribution < -0.4 is 15.9 Å². The number of fused-ring (bicyclic) bond motifs is 1. The maximum absolute atomic E-state index is 12.1. The number of hydrogen-bond donors (Lipinski definition) is 2. The lowest BCUT2D eigenvalue weighted by molar-refractivity contribution is -0.118. The van der Waals surface area contributed by atoms with E-state index in [1.165, 1.54) is 0 Å². The van der Waals surface area contributed by atoms with Crippen molar-refractivity contribution in [2.24, 2.45) is 10.8 Å². The Kier molecular flexibility index (Phi) is 4.98. The Morgan fingerprint density at radius 1 is 1.19 bits per heavy atom. The number of amides is 2. The molecule has 0 fully saturated rings. The molecule has 0 bridgehead atoms. The number of carbonyl (C=O) groups is 2. The van der Waals surface area contributed by atoms with Crippen molar-refractivity contribution in [3.63, 3.8) is 0 Å². The lowest BCUT2D eigenvalue weighted by Gasteiger charge is -2.01. The highest BCUT2D eigenvalue weighted by molar-refractivity contribution is 6.01. The smallest absolute Gasteiger partial charge is 0.271 e. The summed E-state index contributed by atoms with van der Waals surface area (Å²) in [6.07, 6.45) is 3.32. The minimum absolute atomic E-state index is 0.0760. The molecule has 0 spiro atoms. The number of benzene rings is 2. The van der Waals surface area contributed by atoms with Crippen LogP contribution in [0.25, 0.3) is 10.9 Å². The van der Waals surface area contributed by atoms with E-state index in [0.29, 0.717) is 11.3 Å². The Morgan fingerprint density at radius 2 is 1.92 bits per heavy atom. The first-order valence-electron chi connectivity index (χ1n) is 7.92. The molecule has 2 aromatic carbocycles. The van der Waals surface area contributed by atoms with Crippen LogP contribution in [-0.4, -0.2) is 29.7 Å². The van der Waals surface area contributed by atoms with Gasteiger partial charge < -0.3 is 15.0 Å². The summed E-state index contributed by atoms with van der Waals surface area (Å²) in [5, 5.41) is 4.93. The van der Waals surface area contributed by atoms with Crippen LogP contribution in [0.5, 0.6) is 5.75 Å². The number of methoxy groups -OCH3 is 1. The molecule has 0 unspecified atom stereocenters. The zero-order valence-electron chi connectivity index (χ0n) is 14.2. The number of ether oxygens (including phenoxy) is 1. The number of primary amides is 1. The van der Waals surface area contributed by atoms with E-state index in [1.54, 1.807) is 48.4 Å². The zero-order valence-corrected chi connectivity index (χ0v) is 14.2. The number of para-hydroxylation sites is 1. The quantitative estimate of drug-likeness (QED) is 0.525. The van der Waals surface area contributed by atoms with E-state index in [1.807, 2.05) is 24.3 Å². The SMILES string of the molecule is COc1ccc(C(=O)NN=Cc2cn(CC(N)=O)c3ccccc23)cc1. The molecule has 0 atom stereocenters. The second kappa shape index (κ2) is 7.52. The van der Waals surface area contributed by atoms with Crippen LogP contribution in [-0.2, 0) is 11.3 Å². The van der Waals surface area contributed by atoms with Gasteiger partial charge in [0.25, 0.3) is 5.91 Å². The molecule has 0 aliphatic heterocycles. The van der Waals surface area contributed by atoms with E-state index in [2.05, 4.69) is 10.5 Å². The number of aromatic nitrogens is 1. The summed E-state index contributed by atoms with van der Waals surface area (Å²) in [7, 11) is 1.56. The number of rotatable bonds is 6. The predicted octanol–water partition coefficient (Wildman–Crippen LogP) is 1.90. The van der Waals surface area contributed by atoms with E-state index in [0.717, 1.165) is 16.5 Å². The lowest BCUT2D eigenvalue weighted by atomic mass is 10.2. The Bertz CT molecular complexity index is 974. The summed E-state index contributed by atoms with van der Waals surface area (Å²) in [5.41, 5.74) is 9.89. The van der Waals surface area contributed by atoms with Crippen molar-refractivity contribution in [2.45, 2.75) is 6.54 Å². The minimum Gasteiger partial charge on any atom is -0.497 e. The van der Waals surface area contributed by atoms with Gasteiger partial charge in [-0.15, -0.1) is 0 Å². The van der Waals surface area contributed by atoms with Crippen LogP contribution in [0, 0.1) is 0 Å². The van der Waals surface area contributed by atoms with Crippen molar-refractivity contribution in [1.82, 2.24) is 9.99 Å². The maximum atomic E-state index is 12.1. The molecule has 7 nitrogen and oxygen atoms in total. The summed E-state index contributed by atoms with van der Waals surface area (Å²) in [6, 6.07) is 14.3. The number of nitrogens with zero attached hydrogens (tertiary/aromatic N) is 2. The van der Waals surface area contributed by atoms with Crippen molar-refractivity contribution in [3.05, 3.63) is 65.9 Å².